The van der Waals surface area contributed by atoms with Crippen molar-refractivity contribution in [2.45, 2.75) is 38.6 Å². The highest BCUT2D eigenvalue weighted by atomic mass is 16.2. The van der Waals surface area contributed by atoms with Crippen LogP contribution in [-0.2, 0) is 11.2 Å². The number of carbonyl (C=O) groups excluding carboxylic acids is 2. The molecule has 7 heteroatoms. The molecule has 0 radical (unpaired) electrons. The number of aryl methyl sites for hydroxylation is 1. The Morgan fingerprint density at radius 2 is 2.21 bits per heavy atom. The molecule has 0 saturated heterocycles. The smallest absolute Gasteiger partial charge is 0.274 e. The summed E-state index contributed by atoms with van der Waals surface area (Å²) in [6, 6.07) is 0.288. The Bertz CT molecular complexity index is 478. The highest BCUT2D eigenvalue weighted by Gasteiger charge is 2.23. The van der Waals surface area contributed by atoms with Crippen molar-refractivity contribution in [3.05, 3.63) is 11.4 Å². The van der Waals surface area contributed by atoms with Gasteiger partial charge in [0.2, 0.25) is 5.91 Å². The van der Waals surface area contributed by atoms with Gasteiger partial charge in [0.15, 0.2) is 5.69 Å². The largest absolute Gasteiger partial charge is 0.395 e. The Morgan fingerprint density at radius 3 is 2.84 bits per heavy atom. The molecule has 1 heterocycles. The predicted octanol–water partition coefficient (Wildman–Crippen LogP) is -0.0472. The van der Waals surface area contributed by atoms with Gasteiger partial charge in [0, 0.05) is 6.04 Å². The molecule has 0 atom stereocenters. The third kappa shape index (κ3) is 3.46. The lowest BCUT2D eigenvalue weighted by Crippen LogP contribution is -2.38. The molecule has 104 valence electrons. The van der Waals surface area contributed by atoms with Gasteiger partial charge in [-0.3, -0.25) is 14.7 Å². The van der Waals surface area contributed by atoms with E-state index in [1.807, 2.05) is 6.92 Å². The number of hydrogen-bond acceptors (Lipinski definition) is 4. The minimum absolute atomic E-state index is 0.0508. The number of rotatable bonds is 6. The Kier molecular flexibility index (Phi) is 4.03. The molecule has 2 amide bonds. The van der Waals surface area contributed by atoms with Gasteiger partial charge in [0.05, 0.1) is 17.9 Å². The lowest BCUT2D eigenvalue weighted by Gasteiger charge is -2.04. The van der Waals surface area contributed by atoms with Gasteiger partial charge < -0.3 is 16.4 Å². The zero-order valence-corrected chi connectivity index (χ0v) is 11.0. The average Bonchev–Trinajstić information content (AvgIpc) is 3.12. The molecule has 0 aliphatic heterocycles. The van der Waals surface area contributed by atoms with Crippen molar-refractivity contribution < 1.29 is 9.59 Å². The van der Waals surface area contributed by atoms with Gasteiger partial charge >= 0.3 is 0 Å². The van der Waals surface area contributed by atoms with Crippen LogP contribution in [-0.4, -0.2) is 34.6 Å². The van der Waals surface area contributed by atoms with Crippen LogP contribution in [0.2, 0.25) is 0 Å². The normalized spacial score (nSPS) is 14.2. The van der Waals surface area contributed by atoms with Crippen LogP contribution in [0.15, 0.2) is 0 Å². The van der Waals surface area contributed by atoms with E-state index in [0.717, 1.165) is 31.4 Å². The first kappa shape index (κ1) is 13.4. The van der Waals surface area contributed by atoms with Crippen molar-refractivity contribution in [1.29, 1.82) is 0 Å². The van der Waals surface area contributed by atoms with E-state index in [1.54, 1.807) is 0 Å². The van der Waals surface area contributed by atoms with E-state index >= 15 is 0 Å². The van der Waals surface area contributed by atoms with Crippen molar-refractivity contribution in [3.63, 3.8) is 0 Å². The van der Waals surface area contributed by atoms with E-state index in [-0.39, 0.29) is 24.2 Å². The van der Waals surface area contributed by atoms with Crippen molar-refractivity contribution >= 4 is 17.5 Å². The van der Waals surface area contributed by atoms with E-state index in [2.05, 4.69) is 20.8 Å². The molecule has 0 spiro atoms. The third-order valence-corrected chi connectivity index (χ3v) is 2.95. The van der Waals surface area contributed by atoms with Crippen molar-refractivity contribution in [2.75, 3.05) is 12.3 Å². The number of carbonyl (C=O) groups is 2. The fraction of sp³-hybridized carbons (Fsp3) is 0.583. The van der Waals surface area contributed by atoms with Gasteiger partial charge in [-0.05, 0) is 19.3 Å². The number of nitrogens with two attached hydrogens (primary N) is 1. The summed E-state index contributed by atoms with van der Waals surface area (Å²) in [7, 11) is 0. The van der Waals surface area contributed by atoms with Crippen LogP contribution in [0, 0.1) is 0 Å². The van der Waals surface area contributed by atoms with Crippen LogP contribution in [0.3, 0.4) is 0 Å². The minimum atomic E-state index is -0.429. The van der Waals surface area contributed by atoms with Gasteiger partial charge in [0.1, 0.15) is 0 Å². The standard InChI is InChI=1S/C12H19N5O2/c1-2-3-8-10(13)11(17-16-8)12(19)14-6-9(18)15-7-4-5-7/h7H,2-6,13H2,1H3,(H,14,19)(H,15,18)(H,16,17). The summed E-state index contributed by atoms with van der Waals surface area (Å²) in [4.78, 5) is 23.3. The minimum Gasteiger partial charge on any atom is -0.395 e. The van der Waals surface area contributed by atoms with Gasteiger partial charge in [-0.25, -0.2) is 0 Å². The highest BCUT2D eigenvalue weighted by molar-refractivity contribution is 5.99. The SMILES string of the molecule is CCCc1[nH]nc(C(=O)NCC(=O)NC2CC2)c1N. The Morgan fingerprint density at radius 1 is 1.47 bits per heavy atom. The molecule has 1 aliphatic rings. The fourth-order valence-corrected chi connectivity index (χ4v) is 1.75. The van der Waals surface area contributed by atoms with Crippen molar-refractivity contribution in [2.24, 2.45) is 0 Å². The maximum atomic E-state index is 11.8. The molecule has 1 saturated carbocycles. The van der Waals surface area contributed by atoms with E-state index in [9.17, 15) is 9.59 Å². The molecule has 0 aromatic carbocycles. The van der Waals surface area contributed by atoms with Crippen LogP contribution < -0.4 is 16.4 Å². The number of aromatic amines is 1. The number of amides is 2. The number of aromatic nitrogens is 2. The van der Waals surface area contributed by atoms with E-state index in [0.29, 0.717) is 5.69 Å². The van der Waals surface area contributed by atoms with E-state index in [4.69, 9.17) is 5.73 Å². The Labute approximate surface area is 111 Å². The fourth-order valence-electron chi connectivity index (χ4n) is 1.75. The predicted molar refractivity (Wildman–Crippen MR) is 70.5 cm³/mol. The van der Waals surface area contributed by atoms with Crippen LogP contribution in [0.1, 0.15) is 42.4 Å². The molecule has 1 fully saturated rings. The number of nitrogens with one attached hydrogen (secondary N) is 3. The van der Waals surface area contributed by atoms with E-state index in [1.165, 1.54) is 0 Å². The quantitative estimate of drug-likeness (QED) is 0.577. The molecule has 7 nitrogen and oxygen atoms in total. The lowest BCUT2D eigenvalue weighted by molar-refractivity contribution is -0.120. The second-order valence-electron chi connectivity index (χ2n) is 4.74. The highest BCUT2D eigenvalue weighted by Crippen LogP contribution is 2.18. The number of hydrogen-bond donors (Lipinski definition) is 4. The Balaban J connectivity index is 1.86. The summed E-state index contributed by atoms with van der Waals surface area (Å²) < 4.78 is 0. The third-order valence-electron chi connectivity index (χ3n) is 2.95. The molecule has 0 unspecified atom stereocenters. The lowest BCUT2D eigenvalue weighted by atomic mass is 10.2. The van der Waals surface area contributed by atoms with Gasteiger partial charge in [-0.1, -0.05) is 13.3 Å². The maximum Gasteiger partial charge on any atom is 0.274 e. The second kappa shape index (κ2) is 5.73. The summed E-state index contributed by atoms with van der Waals surface area (Å²) in [6.45, 7) is 1.97. The maximum absolute atomic E-state index is 11.8. The van der Waals surface area contributed by atoms with Crippen LogP contribution in [0.5, 0.6) is 0 Å². The number of nitrogens with zero attached hydrogens (tertiary/aromatic N) is 1. The van der Waals surface area contributed by atoms with Crippen molar-refractivity contribution in [1.82, 2.24) is 20.8 Å². The summed E-state index contributed by atoms with van der Waals surface area (Å²) in [5.41, 5.74) is 7.11. The van der Waals surface area contributed by atoms with Crippen LogP contribution in [0.4, 0.5) is 5.69 Å². The van der Waals surface area contributed by atoms with Gasteiger partial charge in [-0.2, -0.15) is 5.10 Å². The molecule has 0 bridgehead atoms. The number of nitrogen functional groups attached to an aromatic ring is 1. The number of H-pyrrole nitrogens is 1. The molecular formula is C12H19N5O2. The number of anilines is 1. The first-order valence-electron chi connectivity index (χ1n) is 6.52. The molecule has 1 aliphatic carbocycles. The van der Waals surface area contributed by atoms with Gasteiger partial charge in [-0.15, -0.1) is 0 Å². The first-order chi connectivity index (χ1) is 9.11. The van der Waals surface area contributed by atoms with Crippen LogP contribution >= 0.6 is 0 Å². The average molecular weight is 265 g/mol. The second-order valence-corrected chi connectivity index (χ2v) is 4.74. The molecule has 2 rings (SSSR count). The first-order valence-corrected chi connectivity index (χ1v) is 6.52. The molecule has 5 N–H and O–H groups in total. The summed E-state index contributed by atoms with van der Waals surface area (Å²) >= 11 is 0. The van der Waals surface area contributed by atoms with Gasteiger partial charge in [0.25, 0.3) is 5.91 Å². The zero-order chi connectivity index (χ0) is 13.8. The summed E-state index contributed by atoms with van der Waals surface area (Å²) in [5, 5.41) is 11.9. The molecule has 1 aromatic rings. The zero-order valence-electron chi connectivity index (χ0n) is 11.0. The van der Waals surface area contributed by atoms with E-state index < -0.39 is 5.91 Å². The summed E-state index contributed by atoms with van der Waals surface area (Å²) in [5.74, 6) is -0.610. The Hall–Kier alpha value is -2.05. The van der Waals surface area contributed by atoms with Crippen LogP contribution in [0.25, 0.3) is 0 Å². The molecule has 1 aromatic heterocycles. The molecular weight excluding hydrogens is 246 g/mol. The molecule has 19 heavy (non-hydrogen) atoms. The summed E-state index contributed by atoms with van der Waals surface area (Å²) in [6.07, 6.45) is 3.70. The topological polar surface area (TPSA) is 113 Å². The van der Waals surface area contributed by atoms with Crippen molar-refractivity contribution in [3.8, 4) is 0 Å². The monoisotopic (exact) mass is 265 g/mol.